The summed E-state index contributed by atoms with van der Waals surface area (Å²) in [6, 6.07) is 9.89. The SMILES string of the molecule is CC(C)(c1ccccc1)N(Cl)Cl. The van der Waals surface area contributed by atoms with Gasteiger partial charge in [0.1, 0.15) is 0 Å². The summed E-state index contributed by atoms with van der Waals surface area (Å²) in [5.74, 6) is 0. The molecule has 1 nitrogen and oxygen atoms in total. The van der Waals surface area contributed by atoms with E-state index in [0.717, 1.165) is 5.56 Å². The summed E-state index contributed by atoms with van der Waals surface area (Å²) in [5, 5.41) is 0. The molecule has 0 aliphatic carbocycles. The zero-order chi connectivity index (χ0) is 9.19. The van der Waals surface area contributed by atoms with Gasteiger partial charge in [0.15, 0.2) is 0 Å². The van der Waals surface area contributed by atoms with E-state index in [-0.39, 0.29) is 5.54 Å². The monoisotopic (exact) mass is 203 g/mol. The van der Waals surface area contributed by atoms with Crippen molar-refractivity contribution in [2.45, 2.75) is 19.4 Å². The molecule has 0 bridgehead atoms. The fourth-order valence-electron chi connectivity index (χ4n) is 0.944. The molecule has 0 aliphatic heterocycles. The van der Waals surface area contributed by atoms with E-state index in [4.69, 9.17) is 23.6 Å². The summed E-state index contributed by atoms with van der Waals surface area (Å²) in [5.41, 5.74) is 0.750. The molecule has 0 heterocycles. The third-order valence-corrected chi connectivity index (χ3v) is 2.75. The number of benzene rings is 1. The number of rotatable bonds is 2. The molecule has 1 aromatic carbocycles. The number of halogens is 2. The van der Waals surface area contributed by atoms with Crippen molar-refractivity contribution < 1.29 is 0 Å². The zero-order valence-corrected chi connectivity index (χ0v) is 8.60. The van der Waals surface area contributed by atoms with E-state index >= 15 is 0 Å². The molecule has 0 atom stereocenters. The van der Waals surface area contributed by atoms with Crippen LogP contribution in [-0.2, 0) is 5.54 Å². The molecule has 0 unspecified atom stereocenters. The van der Waals surface area contributed by atoms with Gasteiger partial charge in [-0.2, -0.15) is 0 Å². The minimum atomic E-state index is -0.343. The van der Waals surface area contributed by atoms with Gasteiger partial charge in [-0.05, 0) is 43.0 Å². The highest BCUT2D eigenvalue weighted by atomic mass is 35.5. The molecule has 12 heavy (non-hydrogen) atoms. The van der Waals surface area contributed by atoms with Gasteiger partial charge < -0.3 is 0 Å². The smallest absolute Gasteiger partial charge is 0.0718 e. The lowest BCUT2D eigenvalue weighted by Gasteiger charge is -2.27. The lowest BCUT2D eigenvalue weighted by Crippen LogP contribution is -2.27. The second kappa shape index (κ2) is 3.65. The molecular formula is C9H11Cl2N. The van der Waals surface area contributed by atoms with E-state index in [1.165, 1.54) is 3.94 Å². The van der Waals surface area contributed by atoms with Crippen molar-refractivity contribution in [3.05, 3.63) is 35.9 Å². The predicted octanol–water partition coefficient (Wildman–Crippen LogP) is 3.53. The molecule has 3 heteroatoms. The predicted molar refractivity (Wildman–Crippen MR) is 53.0 cm³/mol. The van der Waals surface area contributed by atoms with E-state index in [2.05, 4.69) is 0 Å². The van der Waals surface area contributed by atoms with Gasteiger partial charge in [-0.3, -0.25) is 0 Å². The molecule has 1 rings (SSSR count). The van der Waals surface area contributed by atoms with Crippen molar-refractivity contribution >= 4 is 23.6 Å². The van der Waals surface area contributed by atoms with Crippen LogP contribution >= 0.6 is 23.6 Å². The first kappa shape index (κ1) is 9.85. The molecule has 0 aromatic heterocycles. The van der Waals surface area contributed by atoms with Gasteiger partial charge in [-0.15, -0.1) is 3.94 Å². The zero-order valence-electron chi connectivity index (χ0n) is 7.09. The number of hydrogen-bond acceptors (Lipinski definition) is 1. The van der Waals surface area contributed by atoms with Gasteiger partial charge in [0.05, 0.1) is 5.54 Å². The van der Waals surface area contributed by atoms with Gasteiger partial charge in [-0.25, -0.2) is 0 Å². The fraction of sp³-hybridized carbons (Fsp3) is 0.333. The van der Waals surface area contributed by atoms with E-state index in [1.807, 2.05) is 44.2 Å². The first-order chi connectivity index (χ1) is 5.55. The molecular weight excluding hydrogens is 193 g/mol. The maximum atomic E-state index is 5.70. The highest BCUT2D eigenvalue weighted by molar-refractivity contribution is 6.34. The normalized spacial score (nSPS) is 12.1. The lowest BCUT2D eigenvalue weighted by molar-refractivity contribution is 0.365. The van der Waals surface area contributed by atoms with Crippen molar-refractivity contribution in [1.82, 2.24) is 3.94 Å². The summed E-state index contributed by atoms with van der Waals surface area (Å²) in [7, 11) is 0. The Hall–Kier alpha value is -0.240. The minimum Gasteiger partial charge on any atom is -0.122 e. The van der Waals surface area contributed by atoms with Crippen molar-refractivity contribution in [3.8, 4) is 0 Å². The van der Waals surface area contributed by atoms with Crippen LogP contribution in [0.3, 0.4) is 0 Å². The molecule has 0 saturated carbocycles. The first-order valence-corrected chi connectivity index (χ1v) is 4.40. The first-order valence-electron chi connectivity index (χ1n) is 3.72. The summed E-state index contributed by atoms with van der Waals surface area (Å²) >= 11 is 11.4. The molecule has 0 N–H and O–H groups in total. The molecule has 0 saturated heterocycles. The van der Waals surface area contributed by atoms with Gasteiger partial charge in [0.2, 0.25) is 0 Å². The Morgan fingerprint density at radius 3 is 2.00 bits per heavy atom. The van der Waals surface area contributed by atoms with Gasteiger partial charge in [0, 0.05) is 0 Å². The maximum Gasteiger partial charge on any atom is 0.0718 e. The molecule has 66 valence electrons. The second-order valence-corrected chi connectivity index (χ2v) is 4.01. The van der Waals surface area contributed by atoms with Crippen LogP contribution in [0.15, 0.2) is 30.3 Å². The molecule has 0 amide bonds. The van der Waals surface area contributed by atoms with Gasteiger partial charge in [-0.1, -0.05) is 30.3 Å². The van der Waals surface area contributed by atoms with E-state index < -0.39 is 0 Å². The highest BCUT2D eigenvalue weighted by Crippen LogP contribution is 2.30. The molecule has 0 radical (unpaired) electrons. The van der Waals surface area contributed by atoms with Crippen molar-refractivity contribution in [2.24, 2.45) is 0 Å². The minimum absolute atomic E-state index is 0.343. The van der Waals surface area contributed by atoms with Crippen LogP contribution in [0.25, 0.3) is 0 Å². The Labute approximate surface area is 83.1 Å². The molecule has 1 aromatic rings. The average Bonchev–Trinajstić information content (AvgIpc) is 2.06. The van der Waals surface area contributed by atoms with Crippen molar-refractivity contribution in [1.29, 1.82) is 0 Å². The van der Waals surface area contributed by atoms with Gasteiger partial charge >= 0.3 is 0 Å². The Balaban J connectivity index is 2.98. The summed E-state index contributed by atoms with van der Waals surface area (Å²) in [6.45, 7) is 3.92. The van der Waals surface area contributed by atoms with Gasteiger partial charge in [0.25, 0.3) is 0 Å². The second-order valence-electron chi connectivity index (χ2n) is 3.16. The van der Waals surface area contributed by atoms with Crippen LogP contribution < -0.4 is 0 Å². The lowest BCUT2D eigenvalue weighted by atomic mass is 9.96. The third kappa shape index (κ3) is 1.92. The summed E-state index contributed by atoms with van der Waals surface area (Å²) in [4.78, 5) is 0. The van der Waals surface area contributed by atoms with Crippen LogP contribution in [0.4, 0.5) is 0 Å². The van der Waals surface area contributed by atoms with Crippen LogP contribution in [0, 0.1) is 0 Å². The van der Waals surface area contributed by atoms with E-state index in [9.17, 15) is 0 Å². The van der Waals surface area contributed by atoms with Crippen molar-refractivity contribution in [2.75, 3.05) is 0 Å². The van der Waals surface area contributed by atoms with Crippen LogP contribution in [0.1, 0.15) is 19.4 Å². The fourth-order valence-corrected chi connectivity index (χ4v) is 1.14. The Morgan fingerprint density at radius 2 is 1.58 bits per heavy atom. The average molecular weight is 204 g/mol. The van der Waals surface area contributed by atoms with E-state index in [1.54, 1.807) is 0 Å². The molecule has 0 aliphatic rings. The quantitative estimate of drug-likeness (QED) is 0.666. The van der Waals surface area contributed by atoms with Crippen LogP contribution in [0.5, 0.6) is 0 Å². The number of nitrogens with zero attached hydrogens (tertiary/aromatic N) is 1. The largest absolute Gasteiger partial charge is 0.122 e. The van der Waals surface area contributed by atoms with Crippen LogP contribution in [-0.4, -0.2) is 3.94 Å². The Morgan fingerprint density at radius 1 is 1.08 bits per heavy atom. The number of hydrogen-bond donors (Lipinski definition) is 0. The van der Waals surface area contributed by atoms with E-state index in [0.29, 0.717) is 0 Å². The topological polar surface area (TPSA) is 3.24 Å². The summed E-state index contributed by atoms with van der Waals surface area (Å²) < 4.78 is 1.17. The molecule has 0 spiro atoms. The third-order valence-electron chi connectivity index (χ3n) is 1.90. The Bertz CT molecular complexity index is 244. The summed E-state index contributed by atoms with van der Waals surface area (Å²) in [6.07, 6.45) is 0. The van der Waals surface area contributed by atoms with Crippen molar-refractivity contribution in [3.63, 3.8) is 0 Å². The highest BCUT2D eigenvalue weighted by Gasteiger charge is 2.26. The maximum absolute atomic E-state index is 5.70. The van der Waals surface area contributed by atoms with Crippen LogP contribution in [0.2, 0.25) is 0 Å². The standard InChI is InChI=1S/C9H11Cl2N/c1-9(2,12(10)11)8-6-4-3-5-7-8/h3-7H,1-2H3. The Kier molecular flexibility index (Phi) is 2.99. The molecule has 0 fully saturated rings.